The predicted octanol–water partition coefficient (Wildman–Crippen LogP) is 2.15. The first-order valence-electron chi connectivity index (χ1n) is 7.39. The van der Waals surface area contributed by atoms with Gasteiger partial charge in [0.25, 0.3) is 0 Å². The summed E-state index contributed by atoms with van der Waals surface area (Å²) in [6.07, 6.45) is 0. The van der Waals surface area contributed by atoms with Crippen LogP contribution in [0.2, 0.25) is 0 Å². The monoisotopic (exact) mass is 368 g/mol. The van der Waals surface area contributed by atoms with Crippen molar-refractivity contribution in [3.63, 3.8) is 0 Å². The third-order valence-electron chi connectivity index (χ3n) is 3.99. The fraction of sp³-hybridized carbons (Fsp3) is 0.0526. The van der Waals surface area contributed by atoms with Crippen LogP contribution in [-0.4, -0.2) is 26.0 Å². The Hall–Kier alpha value is -2.08. The minimum absolute atomic E-state index is 0.782. The standard InChI is InChI=1S/C19H18GeO3/c1-22-19-14-12-18(13-15-19)20(23-21,16-8-4-2-5-9-16)17-10-6-3-7-11-17/h2-15,21H,1H3. The molecule has 0 radical (unpaired) electrons. The molecule has 4 heteroatoms. The Labute approximate surface area is 138 Å². The predicted molar refractivity (Wildman–Crippen MR) is 94.2 cm³/mol. The van der Waals surface area contributed by atoms with E-state index in [1.165, 1.54) is 0 Å². The van der Waals surface area contributed by atoms with Crippen molar-refractivity contribution in [1.29, 1.82) is 0 Å². The second-order valence-corrected chi connectivity index (χ2v) is 12.1. The number of hydrogen-bond acceptors (Lipinski definition) is 3. The summed E-state index contributed by atoms with van der Waals surface area (Å²) in [5.41, 5.74) is 0. The van der Waals surface area contributed by atoms with Crippen molar-refractivity contribution >= 4 is 26.8 Å². The number of hydrogen-bond donors (Lipinski definition) is 1. The van der Waals surface area contributed by atoms with Crippen LogP contribution in [0.5, 0.6) is 5.75 Å². The molecule has 1 N–H and O–H groups in total. The number of benzene rings is 3. The molecular weight excluding hydrogens is 349 g/mol. The average Bonchev–Trinajstić information content (AvgIpc) is 2.65. The molecule has 0 aliphatic rings. The molecule has 0 amide bonds. The maximum absolute atomic E-state index is 10.0. The van der Waals surface area contributed by atoms with E-state index in [-0.39, 0.29) is 0 Å². The fourth-order valence-corrected chi connectivity index (χ4v) is 9.70. The zero-order chi connectivity index (χ0) is 16.1. The van der Waals surface area contributed by atoms with E-state index in [9.17, 15) is 5.26 Å². The van der Waals surface area contributed by atoms with Crippen LogP contribution < -0.4 is 17.9 Å². The quantitative estimate of drug-likeness (QED) is 0.427. The van der Waals surface area contributed by atoms with Crippen LogP contribution in [0.1, 0.15) is 0 Å². The zero-order valence-corrected chi connectivity index (χ0v) is 14.9. The Kier molecular flexibility index (Phi) is 4.81. The molecule has 0 saturated heterocycles. The summed E-state index contributed by atoms with van der Waals surface area (Å²) >= 11 is -3.58. The van der Waals surface area contributed by atoms with Gasteiger partial charge in [-0.05, 0) is 0 Å². The molecule has 0 unspecified atom stereocenters. The summed E-state index contributed by atoms with van der Waals surface area (Å²) in [5.74, 6) is 0.782. The van der Waals surface area contributed by atoms with Crippen molar-refractivity contribution in [3.8, 4) is 5.75 Å². The Balaban J connectivity index is 2.24. The van der Waals surface area contributed by atoms with E-state index in [4.69, 9.17) is 8.65 Å². The second kappa shape index (κ2) is 7.00. The third kappa shape index (κ3) is 2.91. The van der Waals surface area contributed by atoms with E-state index in [2.05, 4.69) is 0 Å². The molecule has 0 atom stereocenters. The van der Waals surface area contributed by atoms with Crippen LogP contribution in [0.4, 0.5) is 0 Å². The molecule has 3 aromatic carbocycles. The van der Waals surface area contributed by atoms with Crippen molar-refractivity contribution in [2.75, 3.05) is 7.11 Å². The summed E-state index contributed by atoms with van der Waals surface area (Å²) in [5, 5.41) is 10.0. The van der Waals surface area contributed by atoms with Gasteiger partial charge in [0.1, 0.15) is 0 Å². The summed E-state index contributed by atoms with van der Waals surface area (Å²) in [7, 11) is 1.64. The van der Waals surface area contributed by atoms with Gasteiger partial charge in [0, 0.05) is 0 Å². The minimum atomic E-state index is -3.58. The molecule has 116 valence electrons. The van der Waals surface area contributed by atoms with Gasteiger partial charge in [-0.1, -0.05) is 0 Å². The first-order chi connectivity index (χ1) is 11.3. The SMILES string of the molecule is COc1cc[c]([Ge]([O]O)([c]2ccccc2)[c]2ccccc2)cc1. The summed E-state index contributed by atoms with van der Waals surface area (Å²) in [6, 6.07) is 27.7. The Morgan fingerprint density at radius 2 is 1.09 bits per heavy atom. The van der Waals surface area contributed by atoms with Crippen LogP contribution >= 0.6 is 0 Å². The summed E-state index contributed by atoms with van der Waals surface area (Å²) in [4.78, 5) is 0. The van der Waals surface area contributed by atoms with Crippen molar-refractivity contribution < 1.29 is 13.9 Å². The van der Waals surface area contributed by atoms with E-state index in [0.717, 1.165) is 18.9 Å². The first kappa shape index (κ1) is 15.8. The van der Waals surface area contributed by atoms with Crippen LogP contribution in [0.15, 0.2) is 84.9 Å². The fourth-order valence-electron chi connectivity index (χ4n) is 2.83. The number of methoxy groups -OCH3 is 1. The molecule has 0 fully saturated rings. The van der Waals surface area contributed by atoms with Gasteiger partial charge in [-0.2, -0.15) is 0 Å². The van der Waals surface area contributed by atoms with Gasteiger partial charge in [0.05, 0.1) is 0 Å². The van der Waals surface area contributed by atoms with E-state index in [1.807, 2.05) is 84.9 Å². The molecule has 0 bridgehead atoms. The Bertz CT molecular complexity index is 703. The van der Waals surface area contributed by atoms with Gasteiger partial charge in [-0.15, -0.1) is 0 Å². The van der Waals surface area contributed by atoms with Crippen LogP contribution in [0, 0.1) is 0 Å². The first-order valence-corrected chi connectivity index (χ1v) is 11.4. The molecule has 0 aromatic heterocycles. The van der Waals surface area contributed by atoms with E-state index >= 15 is 0 Å². The van der Waals surface area contributed by atoms with Gasteiger partial charge in [0.15, 0.2) is 0 Å². The average molecular weight is 367 g/mol. The molecule has 0 spiro atoms. The molecular formula is C19H18GeO3. The molecule has 3 aromatic rings. The zero-order valence-electron chi connectivity index (χ0n) is 12.8. The molecule has 23 heavy (non-hydrogen) atoms. The van der Waals surface area contributed by atoms with Gasteiger partial charge >= 0.3 is 138 Å². The second-order valence-electron chi connectivity index (χ2n) is 5.23. The molecule has 0 heterocycles. The number of ether oxygens (including phenoxy) is 1. The third-order valence-corrected chi connectivity index (χ3v) is 11.8. The van der Waals surface area contributed by atoms with Gasteiger partial charge in [0.2, 0.25) is 0 Å². The van der Waals surface area contributed by atoms with Crippen molar-refractivity contribution in [1.82, 2.24) is 0 Å². The van der Waals surface area contributed by atoms with Crippen LogP contribution in [0.3, 0.4) is 0 Å². The molecule has 3 nitrogen and oxygen atoms in total. The van der Waals surface area contributed by atoms with Gasteiger partial charge < -0.3 is 0 Å². The van der Waals surface area contributed by atoms with E-state index < -0.39 is 13.6 Å². The van der Waals surface area contributed by atoms with Crippen molar-refractivity contribution in [2.45, 2.75) is 0 Å². The molecule has 3 rings (SSSR count). The molecule has 0 aliphatic carbocycles. The molecule has 0 saturated carbocycles. The van der Waals surface area contributed by atoms with Gasteiger partial charge in [-0.3, -0.25) is 0 Å². The number of rotatable bonds is 5. The van der Waals surface area contributed by atoms with E-state index in [1.54, 1.807) is 7.11 Å². The van der Waals surface area contributed by atoms with Crippen molar-refractivity contribution in [2.24, 2.45) is 0 Å². The van der Waals surface area contributed by atoms with E-state index in [0.29, 0.717) is 0 Å². The topological polar surface area (TPSA) is 38.7 Å². The van der Waals surface area contributed by atoms with Crippen molar-refractivity contribution in [3.05, 3.63) is 84.9 Å². The Morgan fingerprint density at radius 3 is 1.48 bits per heavy atom. The summed E-state index contributed by atoms with van der Waals surface area (Å²) < 4.78 is 13.6. The molecule has 0 aliphatic heterocycles. The summed E-state index contributed by atoms with van der Waals surface area (Å²) in [6.45, 7) is 0. The van der Waals surface area contributed by atoms with Gasteiger partial charge in [-0.25, -0.2) is 0 Å². The van der Waals surface area contributed by atoms with Crippen LogP contribution in [0.25, 0.3) is 0 Å². The van der Waals surface area contributed by atoms with Crippen LogP contribution in [-0.2, 0) is 3.91 Å². The normalized spacial score (nSPS) is 11.2. The maximum atomic E-state index is 10.0. The Morgan fingerprint density at radius 1 is 0.652 bits per heavy atom.